The Kier molecular flexibility index (Phi) is 7.55. The third kappa shape index (κ3) is 5.56. The van der Waals surface area contributed by atoms with Crippen LogP contribution in [0, 0.1) is 0 Å². The van der Waals surface area contributed by atoms with Crippen molar-refractivity contribution in [2.75, 3.05) is 57.9 Å². The third-order valence-corrected chi connectivity index (χ3v) is 7.05. The highest BCUT2D eigenvalue weighted by Gasteiger charge is 2.26. The largest absolute Gasteiger partial charge is 0.507 e. The van der Waals surface area contributed by atoms with Gasteiger partial charge in [0.05, 0.1) is 25.4 Å². The Hall–Kier alpha value is -3.33. The number of morpholine rings is 1. The van der Waals surface area contributed by atoms with E-state index in [9.17, 15) is 9.90 Å². The molecule has 0 saturated carbocycles. The summed E-state index contributed by atoms with van der Waals surface area (Å²) in [6.07, 6.45) is 1.35. The molecule has 1 atom stereocenters. The van der Waals surface area contributed by atoms with Crippen molar-refractivity contribution in [3.8, 4) is 11.5 Å². The van der Waals surface area contributed by atoms with Crippen molar-refractivity contribution in [1.82, 2.24) is 9.80 Å². The van der Waals surface area contributed by atoms with Crippen molar-refractivity contribution in [2.24, 2.45) is 0 Å². The summed E-state index contributed by atoms with van der Waals surface area (Å²) < 4.78 is 16.6. The van der Waals surface area contributed by atoms with Crippen LogP contribution in [-0.2, 0) is 17.8 Å². The third-order valence-electron chi connectivity index (χ3n) is 7.05. The van der Waals surface area contributed by atoms with Gasteiger partial charge in [0.1, 0.15) is 17.8 Å². The minimum atomic E-state index is -0.483. The van der Waals surface area contributed by atoms with Crippen molar-refractivity contribution >= 4 is 5.69 Å². The van der Waals surface area contributed by atoms with E-state index in [2.05, 4.69) is 39.0 Å². The Morgan fingerprint density at radius 3 is 2.42 bits per heavy atom. The molecule has 0 spiro atoms. The maximum absolute atomic E-state index is 12.5. The monoisotopic (exact) mass is 491 g/mol. The molecule has 8 nitrogen and oxygen atoms in total. The van der Waals surface area contributed by atoms with Crippen molar-refractivity contribution in [3.63, 3.8) is 0 Å². The van der Waals surface area contributed by atoms with Crippen LogP contribution in [0.4, 0.5) is 5.69 Å². The summed E-state index contributed by atoms with van der Waals surface area (Å²) in [4.78, 5) is 19.3. The lowest BCUT2D eigenvalue weighted by Gasteiger charge is -2.36. The van der Waals surface area contributed by atoms with Gasteiger partial charge < -0.3 is 23.9 Å². The second-order valence-electron chi connectivity index (χ2n) is 9.34. The van der Waals surface area contributed by atoms with Crippen LogP contribution in [-0.4, -0.2) is 67.9 Å². The molecule has 0 unspecified atom stereocenters. The summed E-state index contributed by atoms with van der Waals surface area (Å²) in [5.41, 5.74) is 2.77. The summed E-state index contributed by atoms with van der Waals surface area (Å²) in [5.74, 6) is 0.897. The summed E-state index contributed by atoms with van der Waals surface area (Å²) >= 11 is 0. The topological polar surface area (TPSA) is 78.6 Å². The van der Waals surface area contributed by atoms with E-state index in [0.29, 0.717) is 43.9 Å². The molecule has 5 rings (SSSR count). The highest BCUT2D eigenvalue weighted by molar-refractivity contribution is 5.49. The molecule has 0 aliphatic carbocycles. The SMILES string of the molecule is COc1ccc(N2CCN(Cc3coc(=O)c(CN4CCO[C@@H](c5ccccc5)C4)c3O)CC2)cc1. The number of nitrogens with zero attached hydrogens (tertiary/aromatic N) is 3. The first kappa shape index (κ1) is 24.4. The molecule has 2 saturated heterocycles. The van der Waals surface area contributed by atoms with E-state index >= 15 is 0 Å². The zero-order valence-corrected chi connectivity index (χ0v) is 20.6. The van der Waals surface area contributed by atoms with Crippen LogP contribution in [0.3, 0.4) is 0 Å². The van der Waals surface area contributed by atoms with Gasteiger partial charge in [-0.2, -0.15) is 0 Å². The lowest BCUT2D eigenvalue weighted by Crippen LogP contribution is -2.46. The van der Waals surface area contributed by atoms with E-state index in [1.165, 1.54) is 12.0 Å². The molecule has 8 heteroatoms. The fourth-order valence-electron chi connectivity index (χ4n) is 4.93. The Bertz CT molecular complexity index is 1190. The Morgan fingerprint density at radius 1 is 0.944 bits per heavy atom. The Balaban J connectivity index is 1.21. The molecule has 0 amide bonds. The number of aromatic hydroxyl groups is 1. The number of anilines is 1. The number of rotatable bonds is 7. The fourth-order valence-corrected chi connectivity index (χ4v) is 4.93. The second-order valence-corrected chi connectivity index (χ2v) is 9.34. The quantitative estimate of drug-likeness (QED) is 0.540. The van der Waals surface area contributed by atoms with E-state index in [0.717, 1.165) is 37.5 Å². The zero-order chi connectivity index (χ0) is 24.9. The van der Waals surface area contributed by atoms with Crippen LogP contribution in [0.25, 0.3) is 0 Å². The van der Waals surface area contributed by atoms with Crippen molar-refractivity contribution in [1.29, 1.82) is 0 Å². The van der Waals surface area contributed by atoms with Gasteiger partial charge in [-0.1, -0.05) is 30.3 Å². The van der Waals surface area contributed by atoms with Crippen LogP contribution in [0.5, 0.6) is 11.5 Å². The Labute approximate surface area is 211 Å². The van der Waals surface area contributed by atoms with E-state index in [-0.39, 0.29) is 11.9 Å². The first-order valence-electron chi connectivity index (χ1n) is 12.4. The van der Waals surface area contributed by atoms with Gasteiger partial charge in [-0.25, -0.2) is 4.79 Å². The minimum absolute atomic E-state index is 0.0478. The van der Waals surface area contributed by atoms with Gasteiger partial charge in [-0.3, -0.25) is 9.80 Å². The zero-order valence-electron chi connectivity index (χ0n) is 20.6. The standard InChI is InChI=1S/C28H33N3O5/c1-34-24-9-7-23(8-10-24)31-13-11-29(12-14-31)17-22-20-36-28(33)25(27(22)32)18-30-15-16-35-26(19-30)21-5-3-2-4-6-21/h2-10,20,26,32H,11-19H2,1H3/t26-/m1/s1. The molecule has 1 N–H and O–H groups in total. The normalized spacial score (nSPS) is 19.4. The maximum Gasteiger partial charge on any atom is 0.343 e. The van der Waals surface area contributed by atoms with E-state index in [1.54, 1.807) is 7.11 Å². The summed E-state index contributed by atoms with van der Waals surface area (Å²) in [7, 11) is 1.67. The van der Waals surface area contributed by atoms with Gasteiger partial charge in [-0.15, -0.1) is 0 Å². The molecule has 2 aliphatic heterocycles. The lowest BCUT2D eigenvalue weighted by atomic mass is 10.1. The summed E-state index contributed by atoms with van der Waals surface area (Å²) in [5, 5.41) is 11.0. The van der Waals surface area contributed by atoms with E-state index < -0.39 is 5.63 Å². The molecule has 3 heterocycles. The first-order chi connectivity index (χ1) is 17.6. The fraction of sp³-hybridized carbons (Fsp3) is 0.393. The number of benzene rings is 2. The maximum atomic E-state index is 12.5. The average molecular weight is 492 g/mol. The van der Waals surface area contributed by atoms with Crippen molar-refractivity contribution < 1.29 is 19.0 Å². The van der Waals surface area contributed by atoms with E-state index in [1.807, 2.05) is 30.3 Å². The van der Waals surface area contributed by atoms with Gasteiger partial charge in [0.15, 0.2) is 0 Å². The van der Waals surface area contributed by atoms with Crippen LogP contribution in [0.15, 0.2) is 70.1 Å². The number of ether oxygens (including phenoxy) is 2. The van der Waals surface area contributed by atoms with Crippen LogP contribution < -0.4 is 15.3 Å². The molecule has 190 valence electrons. The van der Waals surface area contributed by atoms with Crippen LogP contribution >= 0.6 is 0 Å². The van der Waals surface area contributed by atoms with Crippen molar-refractivity contribution in [3.05, 3.63) is 88.0 Å². The summed E-state index contributed by atoms with van der Waals surface area (Å²) in [6, 6.07) is 18.2. The number of hydrogen-bond acceptors (Lipinski definition) is 8. The number of hydrogen-bond donors (Lipinski definition) is 1. The van der Waals surface area contributed by atoms with E-state index in [4.69, 9.17) is 13.9 Å². The molecule has 3 aromatic rings. The van der Waals surface area contributed by atoms with Gasteiger partial charge >= 0.3 is 5.63 Å². The van der Waals surface area contributed by atoms with Crippen LogP contribution in [0.1, 0.15) is 22.8 Å². The average Bonchev–Trinajstić information content (AvgIpc) is 2.94. The molecule has 36 heavy (non-hydrogen) atoms. The highest BCUT2D eigenvalue weighted by atomic mass is 16.5. The number of piperazine rings is 1. The van der Waals surface area contributed by atoms with Gasteiger partial charge in [0.2, 0.25) is 0 Å². The molecule has 0 radical (unpaired) electrons. The predicted molar refractivity (Wildman–Crippen MR) is 138 cm³/mol. The lowest BCUT2D eigenvalue weighted by molar-refractivity contribution is -0.0334. The molecule has 2 aromatic carbocycles. The molecular formula is C28H33N3O5. The second kappa shape index (κ2) is 11.2. The molecule has 0 bridgehead atoms. The summed E-state index contributed by atoms with van der Waals surface area (Å²) in [6.45, 7) is 6.25. The van der Waals surface area contributed by atoms with Gasteiger partial charge in [0, 0.05) is 63.6 Å². The highest BCUT2D eigenvalue weighted by Crippen LogP contribution is 2.27. The van der Waals surface area contributed by atoms with Crippen LogP contribution in [0.2, 0.25) is 0 Å². The molecule has 1 aromatic heterocycles. The molecule has 2 fully saturated rings. The Morgan fingerprint density at radius 2 is 1.69 bits per heavy atom. The minimum Gasteiger partial charge on any atom is -0.507 e. The van der Waals surface area contributed by atoms with Crippen molar-refractivity contribution in [2.45, 2.75) is 19.2 Å². The smallest absolute Gasteiger partial charge is 0.343 e. The predicted octanol–water partition coefficient (Wildman–Crippen LogP) is 3.25. The number of methoxy groups -OCH3 is 1. The first-order valence-corrected chi connectivity index (χ1v) is 12.4. The van der Waals surface area contributed by atoms with Gasteiger partial charge in [0.25, 0.3) is 0 Å². The molecular weight excluding hydrogens is 458 g/mol. The molecule has 2 aliphatic rings. The van der Waals surface area contributed by atoms with Gasteiger partial charge in [-0.05, 0) is 29.8 Å².